The zero-order chi connectivity index (χ0) is 15.0. The largest absolute Gasteiger partial charge is 0.381 e. The Labute approximate surface area is 129 Å². The summed E-state index contributed by atoms with van der Waals surface area (Å²) in [5.74, 6) is 0. The lowest BCUT2D eigenvalue weighted by Gasteiger charge is -2.39. The number of nitrogens with zero attached hydrogens (tertiary/aromatic N) is 1. The van der Waals surface area contributed by atoms with Crippen LogP contribution in [-0.4, -0.2) is 44.0 Å². The summed E-state index contributed by atoms with van der Waals surface area (Å²) in [6.45, 7) is 11.8. The second-order valence-electron chi connectivity index (χ2n) is 6.68. The van der Waals surface area contributed by atoms with Crippen molar-refractivity contribution in [2.75, 3.05) is 13.2 Å². The van der Waals surface area contributed by atoms with Gasteiger partial charge in [-0.3, -0.25) is 4.99 Å². The Balaban J connectivity index is 2.23. The standard InChI is InChI=1S/C14H26N2O2S2/c1-10-11(2)19-12(15-10)14(6-8-18-9-7-14)16-20(17)13(3,4)5/h10-11,16H,6-9H2,1-5H3. The fourth-order valence-corrected chi connectivity index (χ4v) is 4.59. The lowest BCUT2D eigenvalue weighted by Crippen LogP contribution is -2.57. The summed E-state index contributed by atoms with van der Waals surface area (Å²) in [5.41, 5.74) is -0.264. The monoisotopic (exact) mass is 318 g/mol. The predicted molar refractivity (Wildman–Crippen MR) is 87.8 cm³/mol. The minimum atomic E-state index is -1.09. The highest BCUT2D eigenvalue weighted by molar-refractivity contribution is 8.15. The van der Waals surface area contributed by atoms with Gasteiger partial charge in [0.2, 0.25) is 0 Å². The molecular weight excluding hydrogens is 292 g/mol. The van der Waals surface area contributed by atoms with E-state index in [4.69, 9.17) is 9.73 Å². The van der Waals surface area contributed by atoms with E-state index < -0.39 is 11.0 Å². The van der Waals surface area contributed by atoms with Crippen molar-refractivity contribution in [1.29, 1.82) is 0 Å². The third-order valence-corrected chi connectivity index (χ3v) is 7.07. The van der Waals surface area contributed by atoms with Crippen LogP contribution in [0.1, 0.15) is 47.5 Å². The summed E-state index contributed by atoms with van der Waals surface area (Å²) >= 11 is 1.83. The molecule has 3 unspecified atom stereocenters. The molecule has 0 aromatic carbocycles. The highest BCUT2D eigenvalue weighted by Crippen LogP contribution is 2.37. The van der Waals surface area contributed by atoms with Crippen LogP contribution in [0.5, 0.6) is 0 Å². The third kappa shape index (κ3) is 3.46. The molecule has 6 heteroatoms. The molecule has 0 spiro atoms. The first-order valence-corrected chi connectivity index (χ1v) is 9.30. The maximum Gasteiger partial charge on any atom is 0.0979 e. The van der Waals surface area contributed by atoms with Crippen LogP contribution < -0.4 is 4.72 Å². The highest BCUT2D eigenvalue weighted by atomic mass is 32.2. The van der Waals surface area contributed by atoms with Gasteiger partial charge in [-0.2, -0.15) is 0 Å². The van der Waals surface area contributed by atoms with Gasteiger partial charge in [0.05, 0.1) is 32.4 Å². The number of rotatable bonds is 3. The van der Waals surface area contributed by atoms with Crippen molar-refractivity contribution in [3.8, 4) is 0 Å². The molecule has 0 bridgehead atoms. The Morgan fingerprint density at radius 1 is 1.35 bits per heavy atom. The van der Waals surface area contributed by atoms with Crippen molar-refractivity contribution in [2.45, 2.75) is 69.0 Å². The van der Waals surface area contributed by atoms with Gasteiger partial charge in [0.15, 0.2) is 0 Å². The minimum Gasteiger partial charge on any atom is -0.381 e. The van der Waals surface area contributed by atoms with Crippen molar-refractivity contribution in [3.63, 3.8) is 0 Å². The normalized spacial score (nSPS) is 31.9. The van der Waals surface area contributed by atoms with E-state index in [0.29, 0.717) is 24.5 Å². The van der Waals surface area contributed by atoms with E-state index in [9.17, 15) is 4.21 Å². The van der Waals surface area contributed by atoms with Gasteiger partial charge in [0.1, 0.15) is 0 Å². The molecule has 0 aromatic heterocycles. The molecule has 3 atom stereocenters. The van der Waals surface area contributed by atoms with Crippen LogP contribution in [0, 0.1) is 0 Å². The molecule has 4 nitrogen and oxygen atoms in total. The second-order valence-corrected chi connectivity index (χ2v) is 10.0. The average Bonchev–Trinajstić information content (AvgIpc) is 2.70. The van der Waals surface area contributed by atoms with E-state index in [1.54, 1.807) is 0 Å². The zero-order valence-electron chi connectivity index (χ0n) is 13.1. The molecular formula is C14H26N2O2S2. The van der Waals surface area contributed by atoms with Gasteiger partial charge >= 0.3 is 0 Å². The van der Waals surface area contributed by atoms with Crippen molar-refractivity contribution < 1.29 is 8.95 Å². The number of nitrogens with one attached hydrogen (secondary N) is 1. The lowest BCUT2D eigenvalue weighted by atomic mass is 9.92. The molecule has 2 heterocycles. The van der Waals surface area contributed by atoms with Crippen molar-refractivity contribution in [1.82, 2.24) is 4.72 Å². The molecule has 2 rings (SSSR count). The Morgan fingerprint density at radius 3 is 2.40 bits per heavy atom. The molecule has 116 valence electrons. The van der Waals surface area contributed by atoms with Crippen LogP contribution in [0.3, 0.4) is 0 Å². The molecule has 2 aliphatic heterocycles. The van der Waals surface area contributed by atoms with Gasteiger partial charge in [0.25, 0.3) is 0 Å². The van der Waals surface area contributed by atoms with Crippen LogP contribution in [0.2, 0.25) is 0 Å². The molecule has 0 amide bonds. The molecule has 2 aliphatic rings. The van der Waals surface area contributed by atoms with Crippen LogP contribution in [0.4, 0.5) is 0 Å². The van der Waals surface area contributed by atoms with Crippen molar-refractivity contribution in [2.24, 2.45) is 4.99 Å². The van der Waals surface area contributed by atoms with Gasteiger partial charge in [-0.25, -0.2) is 8.93 Å². The quantitative estimate of drug-likeness (QED) is 0.870. The first kappa shape index (κ1) is 16.5. The van der Waals surface area contributed by atoms with Crippen molar-refractivity contribution >= 4 is 27.8 Å². The Hall–Kier alpha value is 0.0900. The fraction of sp³-hybridized carbons (Fsp3) is 0.929. The first-order valence-electron chi connectivity index (χ1n) is 7.27. The summed E-state index contributed by atoms with van der Waals surface area (Å²) in [6, 6.07) is 0.333. The van der Waals surface area contributed by atoms with E-state index >= 15 is 0 Å². The number of ether oxygens (including phenoxy) is 1. The molecule has 1 N–H and O–H groups in total. The van der Waals surface area contributed by atoms with Crippen molar-refractivity contribution in [3.05, 3.63) is 0 Å². The van der Waals surface area contributed by atoms with E-state index in [1.807, 2.05) is 32.5 Å². The predicted octanol–water partition coefficient (Wildman–Crippen LogP) is 2.51. The number of hydrogen-bond acceptors (Lipinski definition) is 4. The summed E-state index contributed by atoms with van der Waals surface area (Å²) < 4.78 is 21.2. The van der Waals surface area contributed by atoms with Gasteiger partial charge < -0.3 is 4.74 Å². The van der Waals surface area contributed by atoms with Gasteiger partial charge in [-0.05, 0) is 40.5 Å². The molecule has 1 fully saturated rings. The van der Waals surface area contributed by atoms with E-state index in [1.165, 1.54) is 0 Å². The SMILES string of the molecule is CC1N=C(C2(NS(=O)C(C)(C)C)CCOCC2)SC1C. The Kier molecular flexibility index (Phi) is 4.99. The molecule has 0 aliphatic carbocycles. The number of hydrogen-bond donors (Lipinski definition) is 1. The van der Waals surface area contributed by atoms with E-state index in [0.717, 1.165) is 17.9 Å². The summed E-state index contributed by atoms with van der Waals surface area (Å²) in [4.78, 5) is 4.83. The van der Waals surface area contributed by atoms with Crippen LogP contribution in [0.25, 0.3) is 0 Å². The van der Waals surface area contributed by atoms with Gasteiger partial charge in [-0.15, -0.1) is 11.8 Å². The molecule has 0 radical (unpaired) electrons. The van der Waals surface area contributed by atoms with Gasteiger partial charge in [-0.1, -0.05) is 6.92 Å². The Morgan fingerprint density at radius 2 is 1.95 bits per heavy atom. The van der Waals surface area contributed by atoms with E-state index in [2.05, 4.69) is 18.6 Å². The zero-order valence-corrected chi connectivity index (χ0v) is 14.7. The summed E-state index contributed by atoms with van der Waals surface area (Å²) in [5, 5.41) is 1.62. The summed E-state index contributed by atoms with van der Waals surface area (Å²) in [7, 11) is -1.09. The molecule has 1 saturated heterocycles. The lowest BCUT2D eigenvalue weighted by molar-refractivity contribution is 0.0696. The van der Waals surface area contributed by atoms with Crippen LogP contribution >= 0.6 is 11.8 Å². The topological polar surface area (TPSA) is 50.7 Å². The first-order chi connectivity index (χ1) is 9.24. The van der Waals surface area contributed by atoms with Gasteiger partial charge in [0, 0.05) is 18.5 Å². The number of aliphatic imine (C=N–C) groups is 1. The third-order valence-electron chi connectivity index (χ3n) is 3.90. The summed E-state index contributed by atoms with van der Waals surface area (Å²) in [6.07, 6.45) is 1.69. The minimum absolute atomic E-state index is 0.264. The maximum absolute atomic E-state index is 12.6. The highest BCUT2D eigenvalue weighted by Gasteiger charge is 2.44. The number of thioether (sulfide) groups is 1. The second kappa shape index (κ2) is 6.07. The van der Waals surface area contributed by atoms with Crippen LogP contribution in [-0.2, 0) is 15.7 Å². The van der Waals surface area contributed by atoms with E-state index in [-0.39, 0.29) is 10.3 Å². The Bertz CT molecular complexity index is 412. The maximum atomic E-state index is 12.6. The molecule has 0 aromatic rings. The molecule has 0 saturated carbocycles. The smallest absolute Gasteiger partial charge is 0.0979 e. The van der Waals surface area contributed by atoms with Crippen LogP contribution in [0.15, 0.2) is 4.99 Å². The average molecular weight is 319 g/mol. The fourth-order valence-electron chi connectivity index (χ4n) is 2.24. The molecule has 20 heavy (non-hydrogen) atoms.